The first kappa shape index (κ1) is 12.1. The Morgan fingerprint density at radius 3 is 2.88 bits per heavy atom. The minimum Gasteiger partial charge on any atom is -0.411 e. The quantitative estimate of drug-likeness (QED) is 0.641. The van der Waals surface area contributed by atoms with E-state index in [1.165, 1.54) is 12.0 Å². The fraction of sp³-hybridized carbons (Fsp3) is 0.500. The number of nitrogens with zero attached hydrogens (tertiary/aromatic N) is 1. The molecule has 1 fully saturated rings. The lowest BCUT2D eigenvalue weighted by Gasteiger charge is -2.22. The van der Waals surface area contributed by atoms with E-state index in [-0.39, 0.29) is 0 Å². The van der Waals surface area contributed by atoms with Crippen LogP contribution in [0.1, 0.15) is 31.2 Å². The topological polar surface area (TPSA) is 41.8 Å². The first-order chi connectivity index (χ1) is 8.38. The van der Waals surface area contributed by atoms with Crippen molar-refractivity contribution < 1.29 is 9.94 Å². The molecule has 1 atom stereocenters. The van der Waals surface area contributed by atoms with Crippen molar-refractivity contribution in [3.05, 3.63) is 35.9 Å². The zero-order valence-corrected chi connectivity index (χ0v) is 10.0. The molecule has 0 saturated heterocycles. The van der Waals surface area contributed by atoms with Crippen LogP contribution in [0.4, 0.5) is 0 Å². The average Bonchev–Trinajstić information content (AvgIpc) is 2.40. The Morgan fingerprint density at radius 1 is 1.29 bits per heavy atom. The summed E-state index contributed by atoms with van der Waals surface area (Å²) in [6.07, 6.45) is 4.10. The summed E-state index contributed by atoms with van der Waals surface area (Å²) in [4.78, 5) is 0. The Labute approximate surface area is 102 Å². The molecule has 1 aromatic rings. The van der Waals surface area contributed by atoms with Gasteiger partial charge in [0.2, 0.25) is 0 Å². The van der Waals surface area contributed by atoms with Crippen molar-refractivity contribution in [2.75, 3.05) is 6.61 Å². The normalized spacial score (nSPS) is 22.8. The first-order valence-corrected chi connectivity index (χ1v) is 6.20. The van der Waals surface area contributed by atoms with Gasteiger partial charge in [0.05, 0.1) is 18.9 Å². The molecule has 3 nitrogen and oxygen atoms in total. The lowest BCUT2D eigenvalue weighted by molar-refractivity contribution is 0.0831. The van der Waals surface area contributed by atoms with Gasteiger partial charge in [0.15, 0.2) is 0 Å². The summed E-state index contributed by atoms with van der Waals surface area (Å²) in [5.74, 6) is 0.512. The van der Waals surface area contributed by atoms with Gasteiger partial charge in [-0.3, -0.25) is 0 Å². The van der Waals surface area contributed by atoms with Crippen LogP contribution >= 0.6 is 0 Å². The molecule has 0 heterocycles. The molecule has 92 valence electrons. The van der Waals surface area contributed by atoms with Gasteiger partial charge in [0.1, 0.15) is 0 Å². The van der Waals surface area contributed by atoms with Crippen LogP contribution in [0.25, 0.3) is 0 Å². The van der Waals surface area contributed by atoms with Crippen LogP contribution in [0.2, 0.25) is 0 Å². The molecule has 1 aromatic carbocycles. The van der Waals surface area contributed by atoms with Crippen LogP contribution in [-0.2, 0) is 11.3 Å². The molecule has 0 spiro atoms. The number of hydrogen-bond acceptors (Lipinski definition) is 3. The predicted molar refractivity (Wildman–Crippen MR) is 67.3 cm³/mol. The fourth-order valence-electron chi connectivity index (χ4n) is 2.28. The molecule has 0 aromatic heterocycles. The second-order valence-corrected chi connectivity index (χ2v) is 4.63. The Kier molecular flexibility index (Phi) is 4.56. The Hall–Kier alpha value is -1.35. The highest BCUT2D eigenvalue weighted by atomic mass is 16.5. The minimum absolute atomic E-state index is 0.512. The summed E-state index contributed by atoms with van der Waals surface area (Å²) in [5.41, 5.74) is 2.13. The fourth-order valence-corrected chi connectivity index (χ4v) is 2.28. The van der Waals surface area contributed by atoms with E-state index in [1.54, 1.807) is 0 Å². The number of hydrogen-bond donors (Lipinski definition) is 1. The Bertz CT molecular complexity index is 362. The van der Waals surface area contributed by atoms with Crippen molar-refractivity contribution in [2.45, 2.75) is 32.3 Å². The summed E-state index contributed by atoms with van der Waals surface area (Å²) in [6, 6.07) is 10.2. The molecule has 17 heavy (non-hydrogen) atoms. The van der Waals surface area contributed by atoms with Gasteiger partial charge in [-0.1, -0.05) is 35.5 Å². The smallest absolute Gasteiger partial charge is 0.0717 e. The SMILES string of the molecule is ON=C1CCCC(COCc2ccccc2)C1. The van der Waals surface area contributed by atoms with Gasteiger partial charge >= 0.3 is 0 Å². The molecular weight excluding hydrogens is 214 g/mol. The first-order valence-electron chi connectivity index (χ1n) is 6.20. The van der Waals surface area contributed by atoms with Gasteiger partial charge in [-0.25, -0.2) is 0 Å². The van der Waals surface area contributed by atoms with Crippen molar-refractivity contribution in [3.63, 3.8) is 0 Å². The van der Waals surface area contributed by atoms with E-state index in [0.717, 1.165) is 31.6 Å². The van der Waals surface area contributed by atoms with Gasteiger partial charge in [-0.15, -0.1) is 0 Å². The summed E-state index contributed by atoms with van der Waals surface area (Å²) in [7, 11) is 0. The van der Waals surface area contributed by atoms with Crippen molar-refractivity contribution in [2.24, 2.45) is 11.1 Å². The van der Waals surface area contributed by atoms with Crippen molar-refractivity contribution in [3.8, 4) is 0 Å². The Balaban J connectivity index is 1.72. The van der Waals surface area contributed by atoms with Gasteiger partial charge in [0.25, 0.3) is 0 Å². The average molecular weight is 233 g/mol. The lowest BCUT2D eigenvalue weighted by atomic mass is 9.88. The van der Waals surface area contributed by atoms with E-state index in [4.69, 9.17) is 9.94 Å². The van der Waals surface area contributed by atoms with Crippen LogP contribution in [0.3, 0.4) is 0 Å². The van der Waals surface area contributed by atoms with E-state index >= 15 is 0 Å². The summed E-state index contributed by atoms with van der Waals surface area (Å²) in [6.45, 7) is 1.43. The largest absolute Gasteiger partial charge is 0.411 e. The second kappa shape index (κ2) is 6.40. The maximum absolute atomic E-state index is 8.76. The monoisotopic (exact) mass is 233 g/mol. The highest BCUT2D eigenvalue weighted by Gasteiger charge is 2.18. The molecule has 0 bridgehead atoms. The number of benzene rings is 1. The van der Waals surface area contributed by atoms with E-state index < -0.39 is 0 Å². The van der Waals surface area contributed by atoms with E-state index in [1.807, 2.05) is 18.2 Å². The molecule has 0 aliphatic heterocycles. The van der Waals surface area contributed by atoms with E-state index in [9.17, 15) is 0 Å². The van der Waals surface area contributed by atoms with Crippen molar-refractivity contribution in [1.29, 1.82) is 0 Å². The third-order valence-electron chi connectivity index (χ3n) is 3.21. The van der Waals surface area contributed by atoms with Crippen LogP contribution in [0.15, 0.2) is 35.5 Å². The molecule has 1 unspecified atom stereocenters. The highest BCUT2D eigenvalue weighted by Crippen LogP contribution is 2.22. The number of oxime groups is 1. The molecule has 0 radical (unpaired) electrons. The van der Waals surface area contributed by atoms with Crippen LogP contribution in [0.5, 0.6) is 0 Å². The zero-order valence-electron chi connectivity index (χ0n) is 10.0. The van der Waals surface area contributed by atoms with Gasteiger partial charge < -0.3 is 9.94 Å². The van der Waals surface area contributed by atoms with Crippen LogP contribution < -0.4 is 0 Å². The lowest BCUT2D eigenvalue weighted by Crippen LogP contribution is -2.19. The van der Waals surface area contributed by atoms with Gasteiger partial charge in [-0.05, 0) is 37.2 Å². The summed E-state index contributed by atoms with van der Waals surface area (Å²) in [5, 5.41) is 12.1. The second-order valence-electron chi connectivity index (χ2n) is 4.63. The van der Waals surface area contributed by atoms with E-state index in [2.05, 4.69) is 17.3 Å². The maximum Gasteiger partial charge on any atom is 0.0717 e. The highest BCUT2D eigenvalue weighted by molar-refractivity contribution is 5.84. The molecule has 1 aliphatic carbocycles. The van der Waals surface area contributed by atoms with Gasteiger partial charge in [0, 0.05) is 0 Å². The van der Waals surface area contributed by atoms with E-state index in [0.29, 0.717) is 12.5 Å². The number of rotatable bonds is 4. The number of ether oxygens (including phenoxy) is 1. The molecule has 2 rings (SSSR count). The summed E-state index contributed by atoms with van der Waals surface area (Å²) >= 11 is 0. The van der Waals surface area contributed by atoms with Crippen molar-refractivity contribution in [1.82, 2.24) is 0 Å². The minimum atomic E-state index is 0.512. The molecule has 1 aliphatic rings. The molecule has 3 heteroatoms. The third kappa shape index (κ3) is 3.86. The molecular formula is C14H19NO2. The molecule has 1 N–H and O–H groups in total. The zero-order chi connectivity index (χ0) is 11.9. The third-order valence-corrected chi connectivity index (χ3v) is 3.21. The summed E-state index contributed by atoms with van der Waals surface area (Å²) < 4.78 is 5.72. The van der Waals surface area contributed by atoms with Crippen molar-refractivity contribution >= 4 is 5.71 Å². The van der Waals surface area contributed by atoms with Crippen LogP contribution in [0, 0.1) is 5.92 Å². The predicted octanol–water partition coefficient (Wildman–Crippen LogP) is 3.22. The van der Waals surface area contributed by atoms with Gasteiger partial charge in [-0.2, -0.15) is 0 Å². The molecule has 1 saturated carbocycles. The molecule has 0 amide bonds. The standard InChI is InChI=1S/C14H19NO2/c16-15-14-8-4-7-13(9-14)11-17-10-12-5-2-1-3-6-12/h1-3,5-6,13,16H,4,7-11H2. The maximum atomic E-state index is 8.76. The van der Waals surface area contributed by atoms with Crippen LogP contribution in [-0.4, -0.2) is 17.5 Å². The Morgan fingerprint density at radius 2 is 2.12 bits per heavy atom.